The lowest BCUT2D eigenvalue weighted by atomic mass is 10.1. The van der Waals surface area contributed by atoms with Gasteiger partial charge in [0.2, 0.25) is 0 Å². The van der Waals surface area contributed by atoms with Gasteiger partial charge in [0.05, 0.1) is 5.56 Å². The molecule has 0 radical (unpaired) electrons. The van der Waals surface area contributed by atoms with Crippen molar-refractivity contribution in [2.24, 2.45) is 5.10 Å². The summed E-state index contributed by atoms with van der Waals surface area (Å²) in [4.78, 5) is 4.35. The molecule has 1 aromatic rings. The maximum atomic E-state index is 12.7. The van der Waals surface area contributed by atoms with E-state index in [4.69, 9.17) is 11.6 Å². The van der Waals surface area contributed by atoms with Crippen LogP contribution in [0.3, 0.4) is 0 Å². The van der Waals surface area contributed by atoms with Crippen molar-refractivity contribution in [3.05, 3.63) is 35.7 Å². The number of hydrazone groups is 1. The number of pyridine rings is 1. The Bertz CT molecular complexity index is 557. The van der Waals surface area contributed by atoms with E-state index in [9.17, 15) is 13.2 Å². The van der Waals surface area contributed by atoms with E-state index in [2.05, 4.69) is 15.5 Å². The predicted molar refractivity (Wildman–Crippen MR) is 74.1 cm³/mol. The summed E-state index contributed by atoms with van der Waals surface area (Å²) in [6, 6.07) is 1.10. The highest BCUT2D eigenvalue weighted by Gasteiger charge is 2.32. The molecule has 0 spiro atoms. The van der Waals surface area contributed by atoms with Crippen LogP contribution in [0.2, 0.25) is 0 Å². The first-order valence-corrected chi connectivity index (χ1v) is 7.20. The molecule has 1 N–H and O–H groups in total. The van der Waals surface area contributed by atoms with Crippen LogP contribution in [0.5, 0.6) is 0 Å². The topological polar surface area (TPSA) is 37.3 Å². The molecule has 1 unspecified atom stereocenters. The summed E-state index contributed by atoms with van der Waals surface area (Å²) in [5.74, 6) is 0.637. The Kier molecular flexibility index (Phi) is 4.59. The Morgan fingerprint density at radius 2 is 2.20 bits per heavy atom. The second-order valence-corrected chi connectivity index (χ2v) is 5.66. The van der Waals surface area contributed by atoms with E-state index < -0.39 is 17.2 Å². The highest BCUT2D eigenvalue weighted by molar-refractivity contribution is 7.99. The van der Waals surface area contributed by atoms with Gasteiger partial charge in [-0.25, -0.2) is 0 Å². The molecular weight excluding hydrogens is 311 g/mol. The van der Waals surface area contributed by atoms with Gasteiger partial charge in [-0.1, -0.05) is 18.5 Å². The zero-order chi connectivity index (χ0) is 14.8. The quantitative estimate of drug-likeness (QED) is 0.524. The van der Waals surface area contributed by atoms with Crippen molar-refractivity contribution < 1.29 is 13.2 Å². The van der Waals surface area contributed by atoms with Gasteiger partial charge in [-0.05, 0) is 24.0 Å². The number of alkyl halides is 4. The molecule has 3 nitrogen and oxygen atoms in total. The van der Waals surface area contributed by atoms with E-state index >= 15 is 0 Å². The van der Waals surface area contributed by atoms with E-state index in [1.54, 1.807) is 12.2 Å². The van der Waals surface area contributed by atoms with Crippen molar-refractivity contribution in [2.45, 2.75) is 23.5 Å². The summed E-state index contributed by atoms with van der Waals surface area (Å²) in [7, 11) is 0. The van der Waals surface area contributed by atoms with Crippen molar-refractivity contribution in [2.75, 3.05) is 5.75 Å². The Morgan fingerprint density at radius 1 is 1.45 bits per heavy atom. The molecule has 0 aromatic carbocycles. The lowest BCUT2D eigenvalue weighted by Gasteiger charge is -2.15. The van der Waals surface area contributed by atoms with Crippen molar-refractivity contribution in [1.29, 1.82) is 0 Å². The zero-order valence-corrected chi connectivity index (χ0v) is 12.0. The second kappa shape index (κ2) is 6.05. The van der Waals surface area contributed by atoms with E-state index in [1.807, 2.05) is 6.92 Å². The Hall–Kier alpha value is -1.21. The number of aromatic nitrogens is 1. The molecule has 8 heteroatoms. The van der Waals surface area contributed by atoms with Gasteiger partial charge in [0, 0.05) is 11.1 Å². The summed E-state index contributed by atoms with van der Waals surface area (Å²) < 4.78 is 38.1. The van der Waals surface area contributed by atoms with Crippen molar-refractivity contribution in [3.63, 3.8) is 0 Å². The monoisotopic (exact) mass is 321 g/mol. The maximum Gasteiger partial charge on any atom is 0.417 e. The van der Waals surface area contributed by atoms with Gasteiger partial charge in [-0.3, -0.25) is 10.4 Å². The fraction of sp³-hybridized carbons (Fsp3) is 0.333. The standard InChI is InChI=1S/C12H11ClF3N3S/c1-2-20-9-5-7(12(14,15)16)6-17-11(9)8-3-4-10(13)19-18-8/h3-6,10,19H,2H2,1H3. The van der Waals surface area contributed by atoms with Crippen LogP contribution in [0.15, 0.2) is 34.4 Å². The Balaban J connectivity index is 2.41. The Labute approximate surface area is 123 Å². The fourth-order valence-electron chi connectivity index (χ4n) is 1.58. The van der Waals surface area contributed by atoms with Gasteiger partial charge in [-0.2, -0.15) is 18.3 Å². The van der Waals surface area contributed by atoms with E-state index in [0.717, 1.165) is 12.3 Å². The molecule has 20 heavy (non-hydrogen) atoms. The number of hydrogen-bond donors (Lipinski definition) is 1. The summed E-state index contributed by atoms with van der Waals surface area (Å²) in [6.45, 7) is 1.86. The van der Waals surface area contributed by atoms with Gasteiger partial charge < -0.3 is 0 Å². The van der Waals surface area contributed by atoms with Crippen LogP contribution in [-0.2, 0) is 6.18 Å². The minimum absolute atomic E-state index is 0.414. The molecule has 0 saturated carbocycles. The predicted octanol–water partition coefficient (Wildman–Crippen LogP) is 3.64. The molecule has 108 valence electrons. The third-order valence-corrected chi connectivity index (χ3v) is 3.61. The molecule has 0 aliphatic carbocycles. The van der Waals surface area contributed by atoms with Crippen molar-refractivity contribution >= 4 is 29.1 Å². The molecule has 0 saturated heterocycles. The molecule has 2 rings (SSSR count). The van der Waals surface area contributed by atoms with E-state index in [0.29, 0.717) is 22.1 Å². The van der Waals surface area contributed by atoms with Gasteiger partial charge in [-0.15, -0.1) is 11.8 Å². The zero-order valence-electron chi connectivity index (χ0n) is 10.4. The van der Waals surface area contributed by atoms with Crippen LogP contribution in [0.1, 0.15) is 18.2 Å². The first kappa shape index (κ1) is 15.2. The largest absolute Gasteiger partial charge is 0.417 e. The normalized spacial score (nSPS) is 18.6. The van der Waals surface area contributed by atoms with Crippen LogP contribution in [-0.4, -0.2) is 21.9 Å². The lowest BCUT2D eigenvalue weighted by Crippen LogP contribution is -2.23. The summed E-state index contributed by atoms with van der Waals surface area (Å²) in [5, 5.41) is 4.01. The number of thioether (sulfide) groups is 1. The minimum Gasteiger partial charge on any atom is -0.288 e. The number of halogens is 4. The minimum atomic E-state index is -4.40. The molecule has 1 atom stereocenters. The van der Waals surface area contributed by atoms with Crippen LogP contribution >= 0.6 is 23.4 Å². The van der Waals surface area contributed by atoms with Crippen molar-refractivity contribution in [3.8, 4) is 0 Å². The number of hydrogen-bond acceptors (Lipinski definition) is 4. The van der Waals surface area contributed by atoms with E-state index in [1.165, 1.54) is 11.8 Å². The summed E-state index contributed by atoms with van der Waals surface area (Å²) in [6.07, 6.45) is -0.288. The molecular formula is C12H11ClF3N3S. The van der Waals surface area contributed by atoms with Crippen LogP contribution < -0.4 is 5.43 Å². The highest BCUT2D eigenvalue weighted by atomic mass is 35.5. The van der Waals surface area contributed by atoms with Gasteiger partial charge in [0.1, 0.15) is 16.9 Å². The maximum absolute atomic E-state index is 12.7. The average Bonchev–Trinajstić information content (AvgIpc) is 2.39. The number of nitrogens with one attached hydrogen (secondary N) is 1. The highest BCUT2D eigenvalue weighted by Crippen LogP contribution is 2.33. The van der Waals surface area contributed by atoms with E-state index in [-0.39, 0.29) is 0 Å². The molecule has 0 fully saturated rings. The fourth-order valence-corrected chi connectivity index (χ4v) is 2.51. The van der Waals surface area contributed by atoms with Crippen LogP contribution in [0, 0.1) is 0 Å². The molecule has 1 aliphatic rings. The second-order valence-electron chi connectivity index (χ2n) is 3.89. The first-order chi connectivity index (χ1) is 9.41. The lowest BCUT2D eigenvalue weighted by molar-refractivity contribution is -0.138. The molecule has 0 bridgehead atoms. The third kappa shape index (κ3) is 3.46. The summed E-state index contributed by atoms with van der Waals surface area (Å²) >= 11 is 7.06. The average molecular weight is 322 g/mol. The van der Waals surface area contributed by atoms with Crippen LogP contribution in [0.4, 0.5) is 13.2 Å². The molecule has 1 aromatic heterocycles. The smallest absolute Gasteiger partial charge is 0.288 e. The van der Waals surface area contributed by atoms with Crippen molar-refractivity contribution in [1.82, 2.24) is 10.4 Å². The number of nitrogens with zero attached hydrogens (tertiary/aromatic N) is 2. The van der Waals surface area contributed by atoms with Crippen LogP contribution in [0.25, 0.3) is 0 Å². The SMILES string of the molecule is CCSc1cc(C(F)(F)F)cnc1C1=NNC(Cl)C=C1. The Morgan fingerprint density at radius 3 is 2.75 bits per heavy atom. The first-order valence-electron chi connectivity index (χ1n) is 5.77. The molecule has 2 heterocycles. The molecule has 0 amide bonds. The number of rotatable bonds is 3. The van der Waals surface area contributed by atoms with Gasteiger partial charge in [0.15, 0.2) is 0 Å². The van der Waals surface area contributed by atoms with Gasteiger partial charge in [0.25, 0.3) is 0 Å². The number of allylic oxidation sites excluding steroid dienone is 1. The van der Waals surface area contributed by atoms with Gasteiger partial charge >= 0.3 is 6.18 Å². The third-order valence-electron chi connectivity index (χ3n) is 2.45. The molecule has 1 aliphatic heterocycles. The summed E-state index contributed by atoms with van der Waals surface area (Å²) in [5.41, 5.74) is 2.33.